The molecular formula is C36H47N3O9. The number of fused-ring (bicyclic) bond motifs is 2. The Morgan fingerprint density at radius 3 is 2.52 bits per heavy atom. The predicted molar refractivity (Wildman–Crippen MR) is 171 cm³/mol. The van der Waals surface area contributed by atoms with E-state index >= 15 is 0 Å². The lowest BCUT2D eigenvalue weighted by atomic mass is 9.44. The molecule has 260 valence electrons. The summed E-state index contributed by atoms with van der Waals surface area (Å²) in [5.41, 5.74) is -0.00897. The summed E-state index contributed by atoms with van der Waals surface area (Å²) in [5.74, 6) is 0.134. The molecule has 0 radical (unpaired) electrons. The number of allylic oxidation sites excluding steroid dienone is 4. The molecular weight excluding hydrogens is 618 g/mol. The van der Waals surface area contributed by atoms with E-state index in [2.05, 4.69) is 22.8 Å². The van der Waals surface area contributed by atoms with Gasteiger partial charge in [-0.15, -0.1) is 0 Å². The number of carbonyl (C=O) groups excluding carboxylic acids is 4. The second-order valence-corrected chi connectivity index (χ2v) is 14.6. The third kappa shape index (κ3) is 5.67. The number of cyclic esters (lactones) is 1. The van der Waals surface area contributed by atoms with E-state index in [0.29, 0.717) is 37.6 Å². The molecule has 5 heterocycles. The number of hydrogen-bond donors (Lipinski definition) is 2. The minimum Gasteiger partial charge on any atom is -0.423 e. The second kappa shape index (κ2) is 13.2. The van der Waals surface area contributed by atoms with Crippen LogP contribution in [0.4, 0.5) is 0 Å². The van der Waals surface area contributed by atoms with Crippen molar-refractivity contribution in [2.75, 3.05) is 46.6 Å². The van der Waals surface area contributed by atoms with Gasteiger partial charge in [0.1, 0.15) is 17.5 Å². The molecule has 2 N–H and O–H groups in total. The Morgan fingerprint density at radius 2 is 1.88 bits per heavy atom. The number of ether oxygens (including phenoxy) is 3. The van der Waals surface area contributed by atoms with Crippen molar-refractivity contribution in [3.05, 3.63) is 59.6 Å². The van der Waals surface area contributed by atoms with Crippen LogP contribution in [-0.2, 0) is 33.4 Å². The zero-order valence-electron chi connectivity index (χ0n) is 28.2. The molecule has 0 aromatic carbocycles. The highest BCUT2D eigenvalue weighted by Gasteiger charge is 2.71. The molecule has 48 heavy (non-hydrogen) atoms. The van der Waals surface area contributed by atoms with Crippen LogP contribution in [0.2, 0.25) is 0 Å². The number of amides is 1. The van der Waals surface area contributed by atoms with Crippen molar-refractivity contribution in [2.24, 2.45) is 22.7 Å². The van der Waals surface area contributed by atoms with E-state index < -0.39 is 17.5 Å². The third-order valence-electron chi connectivity index (χ3n) is 12.3. The molecule has 0 aromatic heterocycles. The van der Waals surface area contributed by atoms with E-state index in [-0.39, 0.29) is 59.8 Å². The lowest BCUT2D eigenvalue weighted by Crippen LogP contribution is -2.67. The van der Waals surface area contributed by atoms with Crippen LogP contribution in [0.15, 0.2) is 59.6 Å². The van der Waals surface area contributed by atoms with Gasteiger partial charge in [0.2, 0.25) is 5.91 Å². The summed E-state index contributed by atoms with van der Waals surface area (Å²) in [7, 11) is 1.97. The maximum Gasteiger partial charge on any atom is 0.373 e. The molecule has 7 rings (SSSR count). The molecule has 12 nitrogen and oxygen atoms in total. The third-order valence-corrected chi connectivity index (χ3v) is 12.3. The average molecular weight is 666 g/mol. The van der Waals surface area contributed by atoms with E-state index in [4.69, 9.17) is 23.8 Å². The first-order valence-corrected chi connectivity index (χ1v) is 17.0. The first-order chi connectivity index (χ1) is 23.0. The fourth-order valence-corrected chi connectivity index (χ4v) is 9.57. The van der Waals surface area contributed by atoms with Crippen LogP contribution in [-0.4, -0.2) is 119 Å². The van der Waals surface area contributed by atoms with E-state index in [0.717, 1.165) is 37.9 Å². The lowest BCUT2D eigenvalue weighted by molar-refractivity contribution is -0.191. The molecule has 5 aliphatic heterocycles. The van der Waals surface area contributed by atoms with Crippen LogP contribution in [0.5, 0.6) is 0 Å². The number of esters is 1. The van der Waals surface area contributed by atoms with Gasteiger partial charge in [-0.1, -0.05) is 39.0 Å². The van der Waals surface area contributed by atoms with Crippen LogP contribution < -0.4 is 0 Å². The molecule has 7 aliphatic rings. The topological polar surface area (TPSA) is 149 Å². The fraction of sp³-hybridized carbons (Fsp3) is 0.639. The molecule has 12 heteroatoms. The highest BCUT2D eigenvalue weighted by molar-refractivity contribution is 5.95. The van der Waals surface area contributed by atoms with Crippen molar-refractivity contribution in [2.45, 2.75) is 76.4 Å². The smallest absolute Gasteiger partial charge is 0.373 e. The van der Waals surface area contributed by atoms with Crippen LogP contribution in [0, 0.1) is 22.7 Å². The maximum atomic E-state index is 13.1. The van der Waals surface area contributed by atoms with Crippen molar-refractivity contribution in [3.8, 4) is 0 Å². The summed E-state index contributed by atoms with van der Waals surface area (Å²) in [6.07, 6.45) is 16.0. The van der Waals surface area contributed by atoms with Crippen LogP contribution in [0.1, 0.15) is 46.5 Å². The molecule has 3 saturated heterocycles. The Morgan fingerprint density at radius 1 is 1.17 bits per heavy atom. The molecule has 9 atom stereocenters. The van der Waals surface area contributed by atoms with Gasteiger partial charge in [0.25, 0.3) is 0 Å². The number of morpholine rings is 1. The second-order valence-electron chi connectivity index (χ2n) is 14.6. The lowest BCUT2D eigenvalue weighted by Gasteiger charge is -2.63. The van der Waals surface area contributed by atoms with Crippen LogP contribution in [0.3, 0.4) is 0 Å². The number of nitrogens with zero attached hydrogens (tertiary/aromatic N) is 3. The predicted octanol–water partition coefficient (Wildman–Crippen LogP) is 1.92. The zero-order valence-corrected chi connectivity index (χ0v) is 28.2. The Kier molecular flexibility index (Phi) is 9.56. The van der Waals surface area contributed by atoms with Gasteiger partial charge in [0, 0.05) is 36.7 Å². The summed E-state index contributed by atoms with van der Waals surface area (Å²) < 4.78 is 17.8. The van der Waals surface area contributed by atoms with Crippen LogP contribution in [0.25, 0.3) is 0 Å². The fourth-order valence-electron chi connectivity index (χ4n) is 9.57. The first kappa shape index (κ1) is 34.6. The summed E-state index contributed by atoms with van der Waals surface area (Å²) in [6.45, 7) is 9.90. The molecule has 1 amide bonds. The van der Waals surface area contributed by atoms with E-state index in [9.17, 15) is 19.8 Å². The Labute approximate surface area is 281 Å². The van der Waals surface area contributed by atoms with Gasteiger partial charge in [-0.3, -0.25) is 19.5 Å². The summed E-state index contributed by atoms with van der Waals surface area (Å²) in [5, 5.41) is 21.8. The van der Waals surface area contributed by atoms with Gasteiger partial charge < -0.3 is 24.4 Å². The normalized spacial score (nSPS) is 41.8. The summed E-state index contributed by atoms with van der Waals surface area (Å²) in [6, 6.07) is -0.0203. The largest absolute Gasteiger partial charge is 0.423 e. The quantitative estimate of drug-likeness (QED) is 0.317. The van der Waals surface area contributed by atoms with Crippen molar-refractivity contribution in [1.29, 1.82) is 0 Å². The molecule has 1 spiro atoms. The Balaban J connectivity index is 0.00000129. The molecule has 6 unspecified atom stereocenters. The molecule has 0 bridgehead atoms. The van der Waals surface area contributed by atoms with Gasteiger partial charge >= 0.3 is 12.1 Å². The van der Waals surface area contributed by atoms with Crippen LogP contribution >= 0.6 is 0 Å². The van der Waals surface area contributed by atoms with Crippen molar-refractivity contribution in [3.63, 3.8) is 0 Å². The number of aliphatic hydroxyl groups is 2. The summed E-state index contributed by atoms with van der Waals surface area (Å²) >= 11 is 0. The number of carbonyl (C=O) groups is 2. The van der Waals surface area contributed by atoms with E-state index in [1.165, 1.54) is 0 Å². The number of epoxide rings is 1. The van der Waals surface area contributed by atoms with Gasteiger partial charge in [0.05, 0.1) is 44.1 Å². The molecule has 2 aliphatic carbocycles. The molecule has 5 fully saturated rings. The van der Waals surface area contributed by atoms with Gasteiger partial charge in [-0.05, 0) is 67.9 Å². The summed E-state index contributed by atoms with van der Waals surface area (Å²) in [4.78, 5) is 48.6. The van der Waals surface area contributed by atoms with Crippen molar-refractivity contribution < 1.29 is 43.6 Å². The number of likely N-dealkylation sites (N-methyl/N-ethyl adjacent to an activating group) is 1. The first-order valence-electron chi connectivity index (χ1n) is 17.0. The SMILES string of the molecule is CCC1C(=O)N2C=C(/C=C3C=C(/C=C/C4C5(CO5)C(N5CCOCC5)CC5[C@]4(C)CC[C@@H](O)[C@@]5(C)CO)C(=O)O\3)C=CC2N1C.O=C=O. The highest BCUT2D eigenvalue weighted by Crippen LogP contribution is 2.66. The zero-order chi connectivity index (χ0) is 34.4. The van der Waals surface area contributed by atoms with Crippen molar-refractivity contribution in [1.82, 2.24) is 14.7 Å². The van der Waals surface area contributed by atoms with Gasteiger partial charge in [-0.2, -0.15) is 9.59 Å². The maximum absolute atomic E-state index is 13.1. The minimum atomic E-state index is -0.634. The van der Waals surface area contributed by atoms with E-state index in [1.807, 2.05) is 45.3 Å². The number of aliphatic hydroxyl groups excluding tert-OH is 2. The van der Waals surface area contributed by atoms with Gasteiger partial charge in [-0.25, -0.2) is 4.79 Å². The van der Waals surface area contributed by atoms with Gasteiger partial charge in [0.15, 0.2) is 0 Å². The number of hydrogen-bond acceptors (Lipinski definition) is 11. The number of rotatable bonds is 6. The Bertz CT molecular complexity index is 1480. The monoisotopic (exact) mass is 665 g/mol. The molecule has 2 saturated carbocycles. The Hall–Kier alpha value is -3.22. The highest BCUT2D eigenvalue weighted by atomic mass is 16.6. The average Bonchev–Trinajstić information content (AvgIpc) is 3.72. The minimum absolute atomic E-state index is 0.0256. The van der Waals surface area contributed by atoms with E-state index in [1.54, 1.807) is 17.1 Å². The van der Waals surface area contributed by atoms with Crippen molar-refractivity contribution >= 4 is 18.0 Å². The standard InChI is InChI=1S/C35H47N3O7.CO2/c1-5-25-31(41)38-19-22(6-9-30(38)36(25)4)16-24-17-23(32(42)45-24)7-8-26-33(2)11-10-29(40)34(3,20-39)27(33)18-28(35(26)21-44-35)37-12-14-43-15-13-37;2-1-3/h6-9,16-17,19,25-30,39-40H,5,10-15,18,20-21H2,1-4H3;/b8-7+,24-16+;/t25?,26?,27?,28?,29-,30?,33-,34+,35?;/m1./s1. The molecule has 0 aromatic rings.